The molecule has 4 nitrogen and oxygen atoms in total. The van der Waals surface area contributed by atoms with Gasteiger partial charge < -0.3 is 10.8 Å². The lowest BCUT2D eigenvalue weighted by molar-refractivity contribution is 0.477. The predicted molar refractivity (Wildman–Crippen MR) is 71.1 cm³/mol. The Hall–Kier alpha value is -2.62. The molecule has 0 unspecified atom stereocenters. The Kier molecular flexibility index (Phi) is 2.34. The third-order valence-corrected chi connectivity index (χ3v) is 2.85. The maximum atomic E-state index is 9.96. The van der Waals surface area contributed by atoms with E-state index in [1.54, 1.807) is 18.2 Å². The first-order valence-corrected chi connectivity index (χ1v) is 5.55. The SMILES string of the molecule is Nc1cccc(O)c1-c1ncnc2ccccc12. The minimum atomic E-state index is 0.124. The number of hydrogen-bond donors (Lipinski definition) is 2. The van der Waals surface area contributed by atoms with Crippen LogP contribution < -0.4 is 5.73 Å². The quantitative estimate of drug-likeness (QED) is 0.638. The molecule has 18 heavy (non-hydrogen) atoms. The molecule has 0 radical (unpaired) electrons. The summed E-state index contributed by atoms with van der Waals surface area (Å²) in [4.78, 5) is 8.44. The van der Waals surface area contributed by atoms with Crippen LogP contribution in [0.3, 0.4) is 0 Å². The number of nitrogen functional groups attached to an aromatic ring is 1. The van der Waals surface area contributed by atoms with Crippen LogP contribution in [-0.4, -0.2) is 15.1 Å². The number of nitrogens with zero attached hydrogens (tertiary/aromatic N) is 2. The number of fused-ring (bicyclic) bond motifs is 1. The fraction of sp³-hybridized carbons (Fsp3) is 0. The van der Waals surface area contributed by atoms with E-state index < -0.39 is 0 Å². The molecule has 3 rings (SSSR count). The summed E-state index contributed by atoms with van der Waals surface area (Å²) in [6, 6.07) is 12.7. The van der Waals surface area contributed by atoms with Crippen molar-refractivity contribution in [2.75, 3.05) is 5.73 Å². The topological polar surface area (TPSA) is 72.0 Å². The minimum absolute atomic E-state index is 0.124. The molecule has 0 bridgehead atoms. The molecule has 0 spiro atoms. The van der Waals surface area contributed by atoms with Gasteiger partial charge in [-0.25, -0.2) is 9.97 Å². The van der Waals surface area contributed by atoms with Gasteiger partial charge in [0.25, 0.3) is 0 Å². The number of anilines is 1. The summed E-state index contributed by atoms with van der Waals surface area (Å²) in [6.07, 6.45) is 1.48. The molecule has 3 N–H and O–H groups in total. The van der Waals surface area contributed by atoms with E-state index in [9.17, 15) is 5.11 Å². The van der Waals surface area contributed by atoms with Crippen molar-refractivity contribution < 1.29 is 5.11 Å². The lowest BCUT2D eigenvalue weighted by Crippen LogP contribution is -1.94. The number of rotatable bonds is 1. The normalized spacial score (nSPS) is 10.7. The van der Waals surface area contributed by atoms with Crippen molar-refractivity contribution >= 4 is 16.6 Å². The van der Waals surface area contributed by atoms with E-state index in [1.165, 1.54) is 6.33 Å². The van der Waals surface area contributed by atoms with Gasteiger partial charge in [0, 0.05) is 11.1 Å². The Morgan fingerprint density at radius 1 is 0.944 bits per heavy atom. The molecular formula is C14H11N3O. The molecule has 0 saturated heterocycles. The van der Waals surface area contributed by atoms with Crippen LogP contribution in [0.1, 0.15) is 0 Å². The maximum absolute atomic E-state index is 9.96. The molecule has 1 aromatic heterocycles. The largest absolute Gasteiger partial charge is 0.507 e. The molecule has 2 aromatic carbocycles. The fourth-order valence-corrected chi connectivity index (χ4v) is 2.02. The molecule has 0 aliphatic carbocycles. The van der Waals surface area contributed by atoms with E-state index in [1.807, 2.05) is 24.3 Å². The smallest absolute Gasteiger partial charge is 0.127 e. The van der Waals surface area contributed by atoms with Crippen LogP contribution in [0.5, 0.6) is 5.75 Å². The molecule has 88 valence electrons. The van der Waals surface area contributed by atoms with Crippen LogP contribution in [0, 0.1) is 0 Å². The van der Waals surface area contributed by atoms with E-state index in [-0.39, 0.29) is 5.75 Å². The van der Waals surface area contributed by atoms with Gasteiger partial charge in [0.1, 0.15) is 12.1 Å². The molecule has 3 aromatic rings. The number of aromatic hydroxyl groups is 1. The summed E-state index contributed by atoms with van der Waals surface area (Å²) < 4.78 is 0. The summed E-state index contributed by atoms with van der Waals surface area (Å²) in [5.41, 5.74) is 8.45. The number of aromatic nitrogens is 2. The first-order chi connectivity index (χ1) is 8.77. The molecule has 0 aliphatic heterocycles. The lowest BCUT2D eigenvalue weighted by Gasteiger charge is -2.09. The van der Waals surface area contributed by atoms with Crippen molar-refractivity contribution in [2.45, 2.75) is 0 Å². The van der Waals surface area contributed by atoms with E-state index in [0.717, 1.165) is 10.9 Å². The third-order valence-electron chi connectivity index (χ3n) is 2.85. The second-order valence-electron chi connectivity index (χ2n) is 3.98. The fourth-order valence-electron chi connectivity index (χ4n) is 2.02. The van der Waals surface area contributed by atoms with Gasteiger partial charge in [-0.1, -0.05) is 24.3 Å². The van der Waals surface area contributed by atoms with Gasteiger partial charge >= 0.3 is 0 Å². The highest BCUT2D eigenvalue weighted by molar-refractivity contribution is 5.96. The van der Waals surface area contributed by atoms with E-state index in [0.29, 0.717) is 16.9 Å². The monoisotopic (exact) mass is 237 g/mol. The number of hydrogen-bond acceptors (Lipinski definition) is 4. The molecule has 4 heteroatoms. The molecule has 1 heterocycles. The number of benzene rings is 2. The van der Waals surface area contributed by atoms with Crippen molar-refractivity contribution in [1.82, 2.24) is 9.97 Å². The first-order valence-electron chi connectivity index (χ1n) is 5.55. The Morgan fingerprint density at radius 2 is 1.78 bits per heavy atom. The second kappa shape index (κ2) is 4.00. The van der Waals surface area contributed by atoms with Crippen LogP contribution >= 0.6 is 0 Å². The van der Waals surface area contributed by atoms with Crippen LogP contribution in [0.25, 0.3) is 22.2 Å². The van der Waals surface area contributed by atoms with Gasteiger partial charge in [0.15, 0.2) is 0 Å². The zero-order valence-corrected chi connectivity index (χ0v) is 9.54. The van der Waals surface area contributed by atoms with E-state index >= 15 is 0 Å². The van der Waals surface area contributed by atoms with Crippen molar-refractivity contribution in [3.63, 3.8) is 0 Å². The number of phenols is 1. The van der Waals surface area contributed by atoms with E-state index in [4.69, 9.17) is 5.73 Å². The van der Waals surface area contributed by atoms with Gasteiger partial charge in [0.2, 0.25) is 0 Å². The van der Waals surface area contributed by atoms with Gasteiger partial charge in [-0.05, 0) is 18.2 Å². The van der Waals surface area contributed by atoms with Crippen molar-refractivity contribution in [1.29, 1.82) is 0 Å². The van der Waals surface area contributed by atoms with Gasteiger partial charge in [-0.15, -0.1) is 0 Å². The standard InChI is InChI=1S/C14H11N3O/c15-10-5-3-7-12(18)13(10)14-9-4-1-2-6-11(9)16-8-17-14/h1-8,18H,15H2. The van der Waals surface area contributed by atoms with Crippen LogP contribution in [-0.2, 0) is 0 Å². The van der Waals surface area contributed by atoms with Gasteiger partial charge in [0.05, 0.1) is 16.8 Å². The second-order valence-corrected chi connectivity index (χ2v) is 3.98. The lowest BCUT2D eigenvalue weighted by atomic mass is 10.0. The number of para-hydroxylation sites is 1. The zero-order valence-electron chi connectivity index (χ0n) is 9.54. The Balaban J connectivity index is 2.39. The van der Waals surface area contributed by atoms with Crippen molar-refractivity contribution in [3.05, 3.63) is 48.8 Å². The highest BCUT2D eigenvalue weighted by Crippen LogP contribution is 2.36. The highest BCUT2D eigenvalue weighted by atomic mass is 16.3. The van der Waals surface area contributed by atoms with Crippen LogP contribution in [0.2, 0.25) is 0 Å². The molecule has 0 fully saturated rings. The average molecular weight is 237 g/mol. The van der Waals surface area contributed by atoms with Crippen LogP contribution in [0.4, 0.5) is 5.69 Å². The maximum Gasteiger partial charge on any atom is 0.127 e. The molecule has 0 aliphatic rings. The molecule has 0 amide bonds. The number of nitrogens with two attached hydrogens (primary N) is 1. The molecule has 0 atom stereocenters. The van der Waals surface area contributed by atoms with Crippen LogP contribution in [0.15, 0.2) is 48.8 Å². The van der Waals surface area contributed by atoms with Crippen molar-refractivity contribution in [3.8, 4) is 17.0 Å². The predicted octanol–water partition coefficient (Wildman–Crippen LogP) is 2.58. The Labute approximate surface area is 104 Å². The summed E-state index contributed by atoms with van der Waals surface area (Å²) >= 11 is 0. The van der Waals surface area contributed by atoms with Gasteiger partial charge in [-0.3, -0.25) is 0 Å². The van der Waals surface area contributed by atoms with Crippen molar-refractivity contribution in [2.24, 2.45) is 0 Å². The minimum Gasteiger partial charge on any atom is -0.507 e. The first kappa shape index (κ1) is 10.5. The molecular weight excluding hydrogens is 226 g/mol. The van der Waals surface area contributed by atoms with Gasteiger partial charge in [-0.2, -0.15) is 0 Å². The summed E-state index contributed by atoms with van der Waals surface area (Å²) in [7, 11) is 0. The van der Waals surface area contributed by atoms with E-state index in [2.05, 4.69) is 9.97 Å². The average Bonchev–Trinajstić information content (AvgIpc) is 2.39. The Morgan fingerprint density at radius 3 is 2.61 bits per heavy atom. The Bertz CT molecular complexity index is 700. The summed E-state index contributed by atoms with van der Waals surface area (Å²) in [5.74, 6) is 0.124. The zero-order chi connectivity index (χ0) is 12.5. The molecule has 0 saturated carbocycles. The highest BCUT2D eigenvalue weighted by Gasteiger charge is 2.12. The number of phenolic OH excluding ortho intramolecular Hbond substituents is 1. The third kappa shape index (κ3) is 1.55. The summed E-state index contributed by atoms with van der Waals surface area (Å²) in [5, 5.41) is 10.8. The summed E-state index contributed by atoms with van der Waals surface area (Å²) in [6.45, 7) is 0.